The number of anilines is 1. The first-order chi connectivity index (χ1) is 10.3. The lowest BCUT2D eigenvalue weighted by Gasteiger charge is -2.27. The van der Waals surface area contributed by atoms with Gasteiger partial charge in [0, 0.05) is 19.3 Å². The van der Waals surface area contributed by atoms with Crippen LogP contribution in [0.15, 0.2) is 11.0 Å². The van der Waals surface area contributed by atoms with E-state index in [1.54, 1.807) is 0 Å². The van der Waals surface area contributed by atoms with Crippen molar-refractivity contribution in [1.82, 2.24) is 15.0 Å². The number of H-pyrrole nitrogens is 1. The van der Waals surface area contributed by atoms with Crippen LogP contribution in [0.5, 0.6) is 0 Å². The Bertz CT molecular complexity index is 731. The molecule has 1 aliphatic heterocycles. The minimum Gasteiger partial charge on any atom is -0.342 e. The van der Waals surface area contributed by atoms with Crippen molar-refractivity contribution in [2.45, 2.75) is 44.9 Å². The predicted molar refractivity (Wildman–Crippen MR) is 82.9 cm³/mol. The average molecular weight is 284 g/mol. The quantitative estimate of drug-likeness (QED) is 0.872. The van der Waals surface area contributed by atoms with E-state index in [-0.39, 0.29) is 5.56 Å². The van der Waals surface area contributed by atoms with Gasteiger partial charge in [-0.1, -0.05) is 0 Å². The van der Waals surface area contributed by atoms with Gasteiger partial charge in [-0.15, -0.1) is 0 Å². The maximum absolute atomic E-state index is 12.6. The van der Waals surface area contributed by atoms with E-state index in [0.29, 0.717) is 17.0 Å². The van der Waals surface area contributed by atoms with Crippen molar-refractivity contribution in [2.24, 2.45) is 0 Å². The molecule has 21 heavy (non-hydrogen) atoms. The molecule has 1 saturated heterocycles. The molecule has 0 aromatic carbocycles. The summed E-state index contributed by atoms with van der Waals surface area (Å²) in [6.07, 6.45) is 9.87. The first-order valence-corrected chi connectivity index (χ1v) is 7.98. The lowest BCUT2D eigenvalue weighted by Crippen LogP contribution is -2.32. The Morgan fingerprint density at radius 3 is 2.71 bits per heavy atom. The molecule has 0 unspecified atom stereocenters. The number of aryl methyl sites for hydroxylation is 2. The first-order valence-electron chi connectivity index (χ1n) is 7.98. The van der Waals surface area contributed by atoms with Crippen molar-refractivity contribution in [2.75, 3.05) is 18.0 Å². The summed E-state index contributed by atoms with van der Waals surface area (Å²) in [5.41, 5.74) is 2.99. The third-order valence-electron chi connectivity index (χ3n) is 4.70. The number of hydrogen-bond acceptors (Lipinski definition) is 4. The summed E-state index contributed by atoms with van der Waals surface area (Å²) in [5.74, 6) is 0.690. The number of fused-ring (bicyclic) bond motifs is 3. The highest BCUT2D eigenvalue weighted by Crippen LogP contribution is 2.25. The molecule has 0 amide bonds. The molecule has 0 saturated carbocycles. The normalized spacial score (nSPS) is 18.8. The van der Waals surface area contributed by atoms with Gasteiger partial charge in [-0.2, -0.15) is 4.98 Å². The van der Waals surface area contributed by atoms with Gasteiger partial charge in [-0.25, -0.2) is 4.98 Å². The van der Waals surface area contributed by atoms with E-state index in [2.05, 4.69) is 19.9 Å². The molecule has 2 aromatic rings. The highest BCUT2D eigenvalue weighted by molar-refractivity contribution is 5.80. The van der Waals surface area contributed by atoms with Crippen LogP contribution in [0, 0.1) is 0 Å². The van der Waals surface area contributed by atoms with Crippen LogP contribution in [0.4, 0.5) is 5.95 Å². The Balaban J connectivity index is 1.85. The van der Waals surface area contributed by atoms with Crippen molar-refractivity contribution in [3.05, 3.63) is 27.7 Å². The number of rotatable bonds is 1. The van der Waals surface area contributed by atoms with Crippen LogP contribution in [0.2, 0.25) is 0 Å². The Morgan fingerprint density at radius 1 is 1.05 bits per heavy atom. The van der Waals surface area contributed by atoms with Crippen LogP contribution in [0.3, 0.4) is 0 Å². The number of nitrogens with one attached hydrogen (secondary N) is 1. The van der Waals surface area contributed by atoms with Gasteiger partial charge in [0.15, 0.2) is 5.65 Å². The molecule has 0 bridgehead atoms. The van der Waals surface area contributed by atoms with Crippen LogP contribution in [-0.2, 0) is 12.8 Å². The Labute approximate surface area is 123 Å². The lowest BCUT2D eigenvalue weighted by atomic mass is 9.91. The monoisotopic (exact) mass is 284 g/mol. The van der Waals surface area contributed by atoms with Crippen molar-refractivity contribution < 1.29 is 0 Å². The van der Waals surface area contributed by atoms with Crippen molar-refractivity contribution in [3.63, 3.8) is 0 Å². The van der Waals surface area contributed by atoms with Crippen LogP contribution < -0.4 is 10.5 Å². The van der Waals surface area contributed by atoms with Gasteiger partial charge >= 0.3 is 0 Å². The fraction of sp³-hybridized carbons (Fsp3) is 0.562. The minimum atomic E-state index is -0.0215. The number of aromatic nitrogens is 3. The van der Waals surface area contributed by atoms with Crippen LogP contribution in [0.25, 0.3) is 11.0 Å². The highest BCUT2D eigenvalue weighted by atomic mass is 16.1. The molecular formula is C16H20N4O. The Morgan fingerprint density at radius 2 is 1.86 bits per heavy atom. The van der Waals surface area contributed by atoms with E-state index in [1.165, 1.54) is 36.8 Å². The maximum atomic E-state index is 12.6. The zero-order chi connectivity index (χ0) is 14.2. The van der Waals surface area contributed by atoms with Crippen molar-refractivity contribution in [1.29, 1.82) is 0 Å². The summed E-state index contributed by atoms with van der Waals surface area (Å²) in [7, 11) is 0. The minimum absolute atomic E-state index is 0.0215. The number of hydrogen-bond donors (Lipinski definition) is 1. The molecule has 110 valence electrons. The maximum Gasteiger partial charge on any atom is 0.262 e. The largest absolute Gasteiger partial charge is 0.342 e. The summed E-state index contributed by atoms with van der Waals surface area (Å²) in [5, 5.41) is 0.716. The fourth-order valence-corrected chi connectivity index (χ4v) is 3.57. The zero-order valence-electron chi connectivity index (χ0n) is 12.2. The van der Waals surface area contributed by atoms with E-state index >= 15 is 0 Å². The molecular weight excluding hydrogens is 264 g/mol. The van der Waals surface area contributed by atoms with Gasteiger partial charge in [0.2, 0.25) is 5.95 Å². The van der Waals surface area contributed by atoms with E-state index in [1.807, 2.05) is 6.20 Å². The van der Waals surface area contributed by atoms with Gasteiger partial charge in [0.25, 0.3) is 5.56 Å². The van der Waals surface area contributed by atoms with Gasteiger partial charge in [0.1, 0.15) is 0 Å². The standard InChI is InChI=1S/C16H20N4O/c21-15-13-12-7-3-2-6-11(12)10-17-14(13)18-16(19-15)20-8-4-1-5-9-20/h10H,1-9H2,(H,17,18,19,21). The van der Waals surface area contributed by atoms with Crippen LogP contribution in [-0.4, -0.2) is 28.0 Å². The van der Waals surface area contributed by atoms with Gasteiger partial charge < -0.3 is 4.90 Å². The number of aromatic amines is 1. The third-order valence-corrected chi connectivity index (χ3v) is 4.70. The van der Waals surface area contributed by atoms with Crippen LogP contribution in [0.1, 0.15) is 43.2 Å². The molecule has 2 aromatic heterocycles. The number of pyridine rings is 1. The van der Waals surface area contributed by atoms with E-state index in [9.17, 15) is 4.79 Å². The molecule has 1 fully saturated rings. The zero-order valence-corrected chi connectivity index (χ0v) is 12.2. The SMILES string of the molecule is O=c1[nH]c(N2CCCCC2)nc2ncc3c(c12)CCCC3. The summed E-state index contributed by atoms with van der Waals surface area (Å²) in [6.45, 7) is 1.94. The second kappa shape index (κ2) is 5.13. The number of piperidine rings is 1. The smallest absolute Gasteiger partial charge is 0.262 e. The van der Waals surface area contributed by atoms with E-state index < -0.39 is 0 Å². The molecule has 1 aliphatic carbocycles. The molecule has 0 radical (unpaired) electrons. The van der Waals surface area contributed by atoms with Crippen molar-refractivity contribution >= 4 is 17.0 Å². The molecule has 3 heterocycles. The first kappa shape index (κ1) is 12.8. The summed E-state index contributed by atoms with van der Waals surface area (Å²) < 4.78 is 0. The number of nitrogens with zero attached hydrogens (tertiary/aromatic N) is 3. The molecule has 4 rings (SSSR count). The van der Waals surface area contributed by atoms with Crippen LogP contribution >= 0.6 is 0 Å². The topological polar surface area (TPSA) is 61.9 Å². The second-order valence-electron chi connectivity index (χ2n) is 6.10. The molecule has 0 atom stereocenters. The summed E-state index contributed by atoms with van der Waals surface area (Å²) >= 11 is 0. The molecule has 0 spiro atoms. The van der Waals surface area contributed by atoms with Crippen molar-refractivity contribution in [3.8, 4) is 0 Å². The van der Waals surface area contributed by atoms with E-state index in [0.717, 1.165) is 32.4 Å². The van der Waals surface area contributed by atoms with E-state index in [4.69, 9.17) is 0 Å². The predicted octanol–water partition coefficient (Wildman–Crippen LogP) is 2.19. The van der Waals surface area contributed by atoms with Gasteiger partial charge in [-0.05, 0) is 56.1 Å². The molecule has 2 aliphatic rings. The second-order valence-corrected chi connectivity index (χ2v) is 6.10. The average Bonchev–Trinajstić information content (AvgIpc) is 2.55. The Kier molecular flexibility index (Phi) is 3.13. The summed E-state index contributed by atoms with van der Waals surface area (Å²) in [6, 6.07) is 0. The fourth-order valence-electron chi connectivity index (χ4n) is 3.57. The molecule has 1 N–H and O–H groups in total. The lowest BCUT2D eigenvalue weighted by molar-refractivity contribution is 0.568. The molecule has 5 heteroatoms. The van der Waals surface area contributed by atoms with Gasteiger partial charge in [0.05, 0.1) is 5.39 Å². The molecule has 5 nitrogen and oxygen atoms in total. The summed E-state index contributed by atoms with van der Waals surface area (Å²) in [4.78, 5) is 26.8. The Hall–Kier alpha value is -1.91. The highest BCUT2D eigenvalue weighted by Gasteiger charge is 2.19. The van der Waals surface area contributed by atoms with Gasteiger partial charge in [-0.3, -0.25) is 9.78 Å². The third kappa shape index (κ3) is 2.20.